The summed E-state index contributed by atoms with van der Waals surface area (Å²) in [5.74, 6) is -0.984. The van der Waals surface area contributed by atoms with Crippen LogP contribution in [0, 0.1) is 0 Å². The fourth-order valence-corrected chi connectivity index (χ4v) is 8.77. The second kappa shape index (κ2) is 62.9. The van der Waals surface area contributed by atoms with E-state index in [4.69, 9.17) is 14.2 Å². The van der Waals surface area contributed by atoms with Crippen molar-refractivity contribution in [1.29, 1.82) is 0 Å². The van der Waals surface area contributed by atoms with Gasteiger partial charge in [-0.05, 0) is 103 Å². The molecule has 0 aliphatic heterocycles. The Morgan fingerprint density at radius 1 is 0.267 bits per heavy atom. The molecule has 0 aliphatic rings. The zero-order valence-corrected chi connectivity index (χ0v) is 49.3. The molecular weight excluding hydrogens is 925 g/mol. The fourth-order valence-electron chi connectivity index (χ4n) is 8.77. The summed E-state index contributed by atoms with van der Waals surface area (Å²) in [5, 5.41) is 0. The summed E-state index contributed by atoms with van der Waals surface area (Å²) in [6.07, 6.45) is 84.1. The van der Waals surface area contributed by atoms with Crippen molar-refractivity contribution in [2.45, 2.75) is 309 Å². The number of unbranched alkanes of at least 4 members (excludes halogenated alkanes) is 30. The van der Waals surface area contributed by atoms with Crippen LogP contribution in [-0.2, 0) is 28.6 Å². The standard InChI is InChI=1S/C69H118O6/c1-4-7-10-13-16-19-22-25-28-31-33-34-36-39-42-45-48-51-54-57-60-63-69(72)75-66(64-73-67(70)61-58-55-52-49-46-43-40-37-30-27-24-21-18-15-12-9-6-3)65-74-68(71)62-59-56-53-50-47-44-41-38-35-32-29-26-23-20-17-14-11-8-5-2/h17-18,20-21,26-27,29-30,35,38,40,43-44,47,49,52,66H,4-16,19,22-25,28,31-34,36-37,39,41-42,45-46,48,50-51,53-65H2,1-3H3/b20-17-,21-18-,29-26-,30-27-,38-35-,43-40-,47-44-,52-49-/t66-/m0/s1. The average Bonchev–Trinajstić information content (AvgIpc) is 3.41. The first-order chi connectivity index (χ1) is 37.0. The van der Waals surface area contributed by atoms with E-state index in [0.29, 0.717) is 19.3 Å². The first-order valence-electron chi connectivity index (χ1n) is 31.7. The Balaban J connectivity index is 4.48. The molecule has 0 heterocycles. The molecule has 0 aromatic heterocycles. The highest BCUT2D eigenvalue weighted by Gasteiger charge is 2.19. The summed E-state index contributed by atoms with van der Waals surface area (Å²) < 4.78 is 16.9. The van der Waals surface area contributed by atoms with Gasteiger partial charge in [0.2, 0.25) is 0 Å². The highest BCUT2D eigenvalue weighted by atomic mass is 16.6. The third-order valence-electron chi connectivity index (χ3n) is 13.6. The molecule has 0 aliphatic carbocycles. The van der Waals surface area contributed by atoms with E-state index in [1.807, 2.05) is 0 Å². The predicted molar refractivity (Wildman–Crippen MR) is 325 cm³/mol. The molecule has 0 saturated heterocycles. The van der Waals surface area contributed by atoms with Gasteiger partial charge in [0.1, 0.15) is 13.2 Å². The molecule has 0 unspecified atom stereocenters. The molecule has 75 heavy (non-hydrogen) atoms. The minimum absolute atomic E-state index is 0.110. The van der Waals surface area contributed by atoms with E-state index in [0.717, 1.165) is 89.9 Å². The van der Waals surface area contributed by atoms with E-state index in [1.165, 1.54) is 167 Å². The molecule has 0 bridgehead atoms. The normalized spacial score (nSPS) is 12.7. The van der Waals surface area contributed by atoms with Crippen molar-refractivity contribution < 1.29 is 28.6 Å². The Morgan fingerprint density at radius 2 is 0.493 bits per heavy atom. The lowest BCUT2D eigenvalue weighted by Gasteiger charge is -2.18. The monoisotopic (exact) mass is 1040 g/mol. The summed E-state index contributed by atoms with van der Waals surface area (Å²) in [4.78, 5) is 38.3. The number of carbonyl (C=O) groups excluding carboxylic acids is 3. The lowest BCUT2D eigenvalue weighted by atomic mass is 10.0. The minimum atomic E-state index is -0.814. The molecule has 1 atom stereocenters. The highest BCUT2D eigenvalue weighted by molar-refractivity contribution is 5.71. The SMILES string of the molecule is CCCCC/C=C\C/C=C\C/C=C\C/C=C\CCCCCC(=O)OC[C@H](COC(=O)CCC/C=C\C/C=C\C/C=C\C/C=C\CCCCC)OC(=O)CCCCCCCCCCCCCCCCCCCCCCC. The van der Waals surface area contributed by atoms with Gasteiger partial charge in [-0.1, -0.05) is 279 Å². The lowest BCUT2D eigenvalue weighted by molar-refractivity contribution is -0.167. The van der Waals surface area contributed by atoms with Crippen LogP contribution in [0.1, 0.15) is 303 Å². The van der Waals surface area contributed by atoms with Crippen molar-refractivity contribution in [1.82, 2.24) is 0 Å². The molecule has 430 valence electrons. The Morgan fingerprint density at radius 3 is 0.827 bits per heavy atom. The molecule has 0 radical (unpaired) electrons. The maximum Gasteiger partial charge on any atom is 0.306 e. The maximum absolute atomic E-state index is 12.9. The Hall–Kier alpha value is -3.67. The van der Waals surface area contributed by atoms with Crippen LogP contribution in [0.2, 0.25) is 0 Å². The average molecular weight is 1040 g/mol. The quantitative estimate of drug-likeness (QED) is 0.0261. The second-order valence-corrected chi connectivity index (χ2v) is 21.0. The van der Waals surface area contributed by atoms with Crippen molar-refractivity contribution in [2.24, 2.45) is 0 Å². The molecule has 0 spiro atoms. The summed E-state index contributed by atoms with van der Waals surface area (Å²) in [6, 6.07) is 0. The van der Waals surface area contributed by atoms with E-state index in [2.05, 4.69) is 118 Å². The summed E-state index contributed by atoms with van der Waals surface area (Å²) in [6.45, 7) is 6.54. The van der Waals surface area contributed by atoms with Crippen molar-refractivity contribution >= 4 is 17.9 Å². The number of allylic oxidation sites excluding steroid dienone is 16. The summed E-state index contributed by atoms with van der Waals surface area (Å²) in [5.41, 5.74) is 0. The van der Waals surface area contributed by atoms with Crippen LogP contribution < -0.4 is 0 Å². The number of hydrogen-bond acceptors (Lipinski definition) is 6. The van der Waals surface area contributed by atoms with Crippen LogP contribution in [-0.4, -0.2) is 37.2 Å². The molecule has 0 fully saturated rings. The van der Waals surface area contributed by atoms with Crippen molar-refractivity contribution in [3.8, 4) is 0 Å². The lowest BCUT2D eigenvalue weighted by Crippen LogP contribution is -2.30. The van der Waals surface area contributed by atoms with Crippen molar-refractivity contribution in [3.05, 3.63) is 97.2 Å². The predicted octanol–water partition coefficient (Wildman–Crippen LogP) is 21.7. The largest absolute Gasteiger partial charge is 0.462 e. The number of ether oxygens (including phenoxy) is 3. The molecule has 0 aromatic carbocycles. The summed E-state index contributed by atoms with van der Waals surface area (Å²) in [7, 11) is 0. The molecule has 0 amide bonds. The van der Waals surface area contributed by atoms with Crippen LogP contribution in [0.4, 0.5) is 0 Å². The van der Waals surface area contributed by atoms with Gasteiger partial charge in [-0.15, -0.1) is 0 Å². The van der Waals surface area contributed by atoms with E-state index < -0.39 is 6.10 Å². The van der Waals surface area contributed by atoms with Crippen molar-refractivity contribution in [2.75, 3.05) is 13.2 Å². The van der Waals surface area contributed by atoms with E-state index in [1.54, 1.807) is 0 Å². The first kappa shape index (κ1) is 71.3. The number of carbonyl (C=O) groups is 3. The Labute approximate surface area is 464 Å². The Bertz CT molecular complexity index is 1480. The van der Waals surface area contributed by atoms with Crippen LogP contribution in [0.3, 0.4) is 0 Å². The zero-order valence-electron chi connectivity index (χ0n) is 49.3. The first-order valence-corrected chi connectivity index (χ1v) is 31.7. The van der Waals surface area contributed by atoms with E-state index >= 15 is 0 Å². The number of hydrogen-bond donors (Lipinski definition) is 0. The van der Waals surface area contributed by atoms with E-state index in [9.17, 15) is 14.4 Å². The van der Waals surface area contributed by atoms with Gasteiger partial charge in [0.05, 0.1) is 0 Å². The minimum Gasteiger partial charge on any atom is -0.462 e. The van der Waals surface area contributed by atoms with E-state index in [-0.39, 0.29) is 37.5 Å². The molecule has 6 nitrogen and oxygen atoms in total. The van der Waals surface area contributed by atoms with Crippen LogP contribution in [0.25, 0.3) is 0 Å². The molecule has 0 rings (SSSR count). The van der Waals surface area contributed by atoms with Gasteiger partial charge in [-0.3, -0.25) is 14.4 Å². The number of esters is 3. The van der Waals surface area contributed by atoms with Crippen molar-refractivity contribution in [3.63, 3.8) is 0 Å². The van der Waals surface area contributed by atoms with Gasteiger partial charge in [0, 0.05) is 19.3 Å². The summed E-state index contributed by atoms with van der Waals surface area (Å²) >= 11 is 0. The number of rotatable bonds is 57. The second-order valence-electron chi connectivity index (χ2n) is 21.0. The van der Waals surface area contributed by atoms with Gasteiger partial charge < -0.3 is 14.2 Å². The maximum atomic E-state index is 12.9. The van der Waals surface area contributed by atoms with Gasteiger partial charge in [-0.2, -0.15) is 0 Å². The molecule has 0 aromatic rings. The highest BCUT2D eigenvalue weighted by Crippen LogP contribution is 2.16. The molecule has 0 saturated carbocycles. The molecule has 0 N–H and O–H groups in total. The van der Waals surface area contributed by atoms with Gasteiger partial charge in [0.15, 0.2) is 6.10 Å². The smallest absolute Gasteiger partial charge is 0.306 e. The third-order valence-corrected chi connectivity index (χ3v) is 13.6. The van der Waals surface area contributed by atoms with Gasteiger partial charge >= 0.3 is 17.9 Å². The Kier molecular flexibility index (Phi) is 59.8. The topological polar surface area (TPSA) is 78.9 Å². The van der Waals surface area contributed by atoms with Gasteiger partial charge in [-0.25, -0.2) is 0 Å². The molecule has 6 heteroatoms. The zero-order chi connectivity index (χ0) is 54.3. The van der Waals surface area contributed by atoms with Crippen LogP contribution in [0.15, 0.2) is 97.2 Å². The van der Waals surface area contributed by atoms with Crippen LogP contribution in [0.5, 0.6) is 0 Å². The van der Waals surface area contributed by atoms with Crippen LogP contribution >= 0.6 is 0 Å². The molecular formula is C69H118O6. The van der Waals surface area contributed by atoms with Gasteiger partial charge in [0.25, 0.3) is 0 Å². The third kappa shape index (κ3) is 61.1. The fraction of sp³-hybridized carbons (Fsp3) is 0.725.